The van der Waals surface area contributed by atoms with E-state index in [0.29, 0.717) is 11.1 Å². The Balaban J connectivity index is 2.37. The zero-order valence-electron chi connectivity index (χ0n) is 10.3. The summed E-state index contributed by atoms with van der Waals surface area (Å²) in [7, 11) is 0. The molecule has 1 aromatic carbocycles. The van der Waals surface area contributed by atoms with Crippen molar-refractivity contribution < 1.29 is 13.2 Å². The van der Waals surface area contributed by atoms with Gasteiger partial charge in [0.15, 0.2) is 0 Å². The van der Waals surface area contributed by atoms with Gasteiger partial charge in [0.2, 0.25) is 0 Å². The van der Waals surface area contributed by atoms with E-state index in [9.17, 15) is 13.2 Å². The summed E-state index contributed by atoms with van der Waals surface area (Å²) in [6.07, 6.45) is -1.12. The molecule has 0 radical (unpaired) electrons. The van der Waals surface area contributed by atoms with Crippen molar-refractivity contribution in [2.45, 2.75) is 19.1 Å². The second-order valence-electron chi connectivity index (χ2n) is 4.40. The molecule has 0 saturated heterocycles. The predicted octanol–water partition coefficient (Wildman–Crippen LogP) is 3.46. The van der Waals surface area contributed by atoms with Crippen LogP contribution < -0.4 is 5.73 Å². The van der Waals surface area contributed by atoms with Crippen LogP contribution in [0.3, 0.4) is 0 Å². The molecule has 100 valence electrons. The third-order valence-electron chi connectivity index (χ3n) is 2.83. The van der Waals surface area contributed by atoms with Crippen molar-refractivity contribution in [2.24, 2.45) is 5.73 Å². The molecule has 2 N–H and O–H groups in total. The summed E-state index contributed by atoms with van der Waals surface area (Å²) in [5.74, 6) is 0. The highest BCUT2D eigenvalue weighted by Crippen LogP contribution is 2.31. The van der Waals surface area contributed by atoms with E-state index in [1.807, 2.05) is 13.0 Å². The van der Waals surface area contributed by atoms with Crippen molar-refractivity contribution in [1.29, 1.82) is 0 Å². The average Bonchev–Trinajstić information content (AvgIpc) is 2.37. The van der Waals surface area contributed by atoms with Crippen molar-refractivity contribution in [1.82, 2.24) is 4.98 Å². The van der Waals surface area contributed by atoms with Crippen molar-refractivity contribution in [3.05, 3.63) is 65.0 Å². The molecule has 0 bridgehead atoms. The van der Waals surface area contributed by atoms with Crippen molar-refractivity contribution in [3.63, 3.8) is 0 Å². The standard InChI is InChI=1S/C14H13F3N2/c1-9-5-11(8-19-7-9)13(18)10-3-2-4-12(6-10)14(15,16)17/h2-8,13H,18H2,1H3. The summed E-state index contributed by atoms with van der Waals surface area (Å²) in [5.41, 5.74) is 7.33. The molecule has 2 nitrogen and oxygen atoms in total. The molecule has 2 aromatic rings. The summed E-state index contributed by atoms with van der Waals surface area (Å²) in [6, 6.07) is 6.26. The van der Waals surface area contributed by atoms with Gasteiger partial charge in [-0.3, -0.25) is 4.98 Å². The quantitative estimate of drug-likeness (QED) is 0.904. The highest BCUT2D eigenvalue weighted by Gasteiger charge is 2.30. The van der Waals surface area contributed by atoms with Crippen LogP contribution in [-0.4, -0.2) is 4.98 Å². The molecule has 0 saturated carbocycles. The van der Waals surface area contributed by atoms with Crippen molar-refractivity contribution in [2.75, 3.05) is 0 Å². The fraction of sp³-hybridized carbons (Fsp3) is 0.214. The van der Waals surface area contributed by atoms with Gasteiger partial charge < -0.3 is 5.73 Å². The number of hydrogen-bond donors (Lipinski definition) is 1. The van der Waals surface area contributed by atoms with E-state index in [4.69, 9.17) is 5.73 Å². The number of nitrogens with zero attached hydrogens (tertiary/aromatic N) is 1. The summed E-state index contributed by atoms with van der Waals surface area (Å²) < 4.78 is 37.9. The van der Waals surface area contributed by atoms with E-state index in [0.717, 1.165) is 17.7 Å². The Morgan fingerprint density at radius 2 is 1.84 bits per heavy atom. The third-order valence-corrected chi connectivity index (χ3v) is 2.83. The molecule has 19 heavy (non-hydrogen) atoms. The van der Waals surface area contributed by atoms with Crippen LogP contribution in [0.1, 0.15) is 28.3 Å². The molecule has 1 aromatic heterocycles. The topological polar surface area (TPSA) is 38.9 Å². The Morgan fingerprint density at radius 1 is 1.11 bits per heavy atom. The zero-order valence-corrected chi connectivity index (χ0v) is 10.3. The van der Waals surface area contributed by atoms with Gasteiger partial charge in [-0.15, -0.1) is 0 Å². The maximum absolute atomic E-state index is 12.6. The summed E-state index contributed by atoms with van der Waals surface area (Å²) in [4.78, 5) is 4.00. The second-order valence-corrected chi connectivity index (χ2v) is 4.40. The van der Waals surface area contributed by atoms with Gasteiger partial charge in [-0.25, -0.2) is 0 Å². The lowest BCUT2D eigenvalue weighted by atomic mass is 9.98. The number of hydrogen-bond acceptors (Lipinski definition) is 2. The SMILES string of the molecule is Cc1cncc(C(N)c2cccc(C(F)(F)F)c2)c1. The first-order chi connectivity index (χ1) is 8.88. The first-order valence-corrected chi connectivity index (χ1v) is 5.72. The number of pyridine rings is 1. The predicted molar refractivity (Wildman–Crippen MR) is 66.4 cm³/mol. The zero-order chi connectivity index (χ0) is 14.0. The Labute approximate surface area is 109 Å². The van der Waals surface area contributed by atoms with E-state index in [2.05, 4.69) is 4.98 Å². The Bertz CT molecular complexity index is 579. The molecule has 0 aliphatic rings. The summed E-state index contributed by atoms with van der Waals surface area (Å²) in [6.45, 7) is 1.86. The minimum Gasteiger partial charge on any atom is -0.320 e. The molecule has 1 unspecified atom stereocenters. The molecule has 1 atom stereocenters. The van der Waals surface area contributed by atoms with Crippen LogP contribution in [0, 0.1) is 6.92 Å². The first-order valence-electron chi connectivity index (χ1n) is 5.72. The molecular formula is C14H13F3N2. The summed E-state index contributed by atoms with van der Waals surface area (Å²) >= 11 is 0. The molecular weight excluding hydrogens is 253 g/mol. The number of alkyl halides is 3. The van der Waals surface area contributed by atoms with Crippen molar-refractivity contribution >= 4 is 0 Å². The molecule has 0 fully saturated rings. The van der Waals surface area contributed by atoms with Gasteiger partial charge in [0, 0.05) is 12.4 Å². The number of nitrogens with two attached hydrogens (primary N) is 1. The number of aromatic nitrogens is 1. The fourth-order valence-electron chi connectivity index (χ4n) is 1.85. The summed E-state index contributed by atoms with van der Waals surface area (Å²) in [5, 5.41) is 0. The van der Waals surface area contributed by atoms with Gasteiger partial charge in [-0.05, 0) is 35.7 Å². The lowest BCUT2D eigenvalue weighted by Gasteiger charge is -2.15. The van der Waals surface area contributed by atoms with Crippen LogP contribution >= 0.6 is 0 Å². The van der Waals surface area contributed by atoms with E-state index in [1.165, 1.54) is 6.07 Å². The molecule has 2 rings (SSSR count). The van der Waals surface area contributed by atoms with E-state index >= 15 is 0 Å². The van der Waals surface area contributed by atoms with Crippen LogP contribution in [0.5, 0.6) is 0 Å². The maximum Gasteiger partial charge on any atom is 0.416 e. The highest BCUT2D eigenvalue weighted by molar-refractivity contribution is 5.34. The van der Waals surface area contributed by atoms with Gasteiger partial charge in [-0.1, -0.05) is 18.2 Å². The smallest absolute Gasteiger partial charge is 0.320 e. The molecule has 0 aliphatic carbocycles. The van der Waals surface area contributed by atoms with Crippen LogP contribution in [0.15, 0.2) is 42.7 Å². The van der Waals surface area contributed by atoms with E-state index < -0.39 is 17.8 Å². The van der Waals surface area contributed by atoms with Gasteiger partial charge in [0.1, 0.15) is 0 Å². The number of benzene rings is 1. The lowest BCUT2D eigenvalue weighted by molar-refractivity contribution is -0.137. The Kier molecular flexibility index (Phi) is 3.57. The first kappa shape index (κ1) is 13.5. The third kappa shape index (κ3) is 3.12. The normalized spacial score (nSPS) is 13.3. The largest absolute Gasteiger partial charge is 0.416 e. The van der Waals surface area contributed by atoms with E-state index in [1.54, 1.807) is 18.5 Å². The maximum atomic E-state index is 12.6. The number of aryl methyl sites for hydroxylation is 1. The van der Waals surface area contributed by atoms with Crippen LogP contribution in [-0.2, 0) is 6.18 Å². The van der Waals surface area contributed by atoms with Crippen molar-refractivity contribution in [3.8, 4) is 0 Å². The van der Waals surface area contributed by atoms with Gasteiger partial charge >= 0.3 is 6.18 Å². The van der Waals surface area contributed by atoms with Crippen LogP contribution in [0.2, 0.25) is 0 Å². The van der Waals surface area contributed by atoms with Gasteiger partial charge in [0.05, 0.1) is 11.6 Å². The molecule has 5 heteroatoms. The second kappa shape index (κ2) is 5.01. The van der Waals surface area contributed by atoms with E-state index in [-0.39, 0.29) is 0 Å². The average molecular weight is 266 g/mol. The molecule has 0 spiro atoms. The Morgan fingerprint density at radius 3 is 2.47 bits per heavy atom. The highest BCUT2D eigenvalue weighted by atomic mass is 19.4. The minimum absolute atomic E-state index is 0.419. The molecule has 0 aliphatic heterocycles. The van der Waals surface area contributed by atoms with Gasteiger partial charge in [0.25, 0.3) is 0 Å². The lowest BCUT2D eigenvalue weighted by Crippen LogP contribution is -2.14. The minimum atomic E-state index is -4.36. The van der Waals surface area contributed by atoms with Gasteiger partial charge in [-0.2, -0.15) is 13.2 Å². The van der Waals surface area contributed by atoms with Crippen LogP contribution in [0.25, 0.3) is 0 Å². The number of halogens is 3. The number of rotatable bonds is 2. The monoisotopic (exact) mass is 266 g/mol. The Hall–Kier alpha value is -1.88. The van der Waals surface area contributed by atoms with Crippen LogP contribution in [0.4, 0.5) is 13.2 Å². The fourth-order valence-corrected chi connectivity index (χ4v) is 1.85. The molecule has 1 heterocycles. The molecule has 0 amide bonds.